The van der Waals surface area contributed by atoms with Crippen LogP contribution in [0.2, 0.25) is 0 Å². The van der Waals surface area contributed by atoms with E-state index in [2.05, 4.69) is 13.8 Å². The number of allylic oxidation sites excluding steroid dienone is 2. The maximum Gasteiger partial charge on any atom is 1.00 e. The van der Waals surface area contributed by atoms with Crippen molar-refractivity contribution in [3.05, 3.63) is 23.3 Å². The van der Waals surface area contributed by atoms with Crippen molar-refractivity contribution in [3.8, 4) is 0 Å². The summed E-state index contributed by atoms with van der Waals surface area (Å²) in [6, 6.07) is 0. The van der Waals surface area contributed by atoms with Crippen molar-refractivity contribution in [2.45, 2.75) is 142 Å². The number of carbonyl (C=O) groups excluding carboxylic acids is 6. The molecule has 0 aliphatic carbocycles. The number of Topliss-reactive ketones (excluding diaryl/α,β-unsaturated/α-hetero) is 2. The number of aliphatic hydroxyl groups is 4. The molecule has 0 fully saturated rings. The number of aliphatic carboxylic acids is 2. The third-order valence-corrected chi connectivity index (χ3v) is 8.73. The zero-order valence-electron chi connectivity index (χ0n) is 30.3. The Kier molecular flexibility index (Phi) is 43.3. The maximum atomic E-state index is 11.9. The SMILES string of the molecule is CCCCCCCCC=C(C(=O)[O-])C(=O)CCC(=O)SCC(O)O.CCCCCCCCC=C(C(=O)[O-])C(=O)CCC(=O)SCC(O)O.[Na+].[Na+]. The first kappa shape index (κ1) is 56.4. The molecule has 0 radical (unpaired) electrons. The summed E-state index contributed by atoms with van der Waals surface area (Å²) in [5.74, 6) is -4.63. The van der Waals surface area contributed by atoms with Gasteiger partial charge in [0.1, 0.15) is 0 Å². The van der Waals surface area contributed by atoms with Gasteiger partial charge in [0.05, 0.1) is 23.4 Å². The van der Waals surface area contributed by atoms with Gasteiger partial charge in [-0.15, -0.1) is 0 Å². The zero-order chi connectivity index (χ0) is 36.7. The van der Waals surface area contributed by atoms with Gasteiger partial charge in [0.15, 0.2) is 34.4 Å². The average molecular weight is 765 g/mol. The molecule has 0 atom stereocenters. The molecule has 0 saturated heterocycles. The number of hydrogen-bond donors (Lipinski definition) is 4. The second-order valence-electron chi connectivity index (χ2n) is 11.1. The Hall–Kier alpha value is -0.360. The number of rotatable bonds is 28. The van der Waals surface area contributed by atoms with E-state index in [0.29, 0.717) is 36.4 Å². The van der Waals surface area contributed by atoms with Crippen molar-refractivity contribution in [2.24, 2.45) is 0 Å². The minimum Gasteiger partial charge on any atom is -0.545 e. The van der Waals surface area contributed by atoms with Crippen LogP contribution in [0.25, 0.3) is 0 Å². The third-order valence-electron chi connectivity index (χ3n) is 6.75. The largest absolute Gasteiger partial charge is 1.00 e. The summed E-state index contributed by atoms with van der Waals surface area (Å²) in [5.41, 5.74) is -0.743. The van der Waals surface area contributed by atoms with Crippen LogP contribution in [0.3, 0.4) is 0 Å². The van der Waals surface area contributed by atoms with Crippen molar-refractivity contribution in [1.29, 1.82) is 0 Å². The van der Waals surface area contributed by atoms with Gasteiger partial charge in [-0.05, 0) is 25.7 Å². The molecule has 0 heterocycles. The number of unbranched alkanes of at least 4 members (excludes halogenated alkanes) is 12. The molecule has 4 N–H and O–H groups in total. The molecule has 0 unspecified atom stereocenters. The third kappa shape index (κ3) is 36.0. The van der Waals surface area contributed by atoms with Gasteiger partial charge < -0.3 is 40.2 Å². The minimum absolute atomic E-state index is 0. The van der Waals surface area contributed by atoms with Gasteiger partial charge >= 0.3 is 59.1 Å². The minimum atomic E-state index is -1.59. The Bertz CT molecular complexity index is 954. The van der Waals surface area contributed by atoms with Crippen LogP contribution in [-0.4, -0.2) is 78.2 Å². The topological polar surface area (TPSA) is 229 Å². The van der Waals surface area contributed by atoms with E-state index in [9.17, 15) is 39.0 Å². The molecular formula is C34H54Na2O12S2. The van der Waals surface area contributed by atoms with Gasteiger partial charge in [-0.3, -0.25) is 19.2 Å². The van der Waals surface area contributed by atoms with Crippen molar-refractivity contribution in [3.63, 3.8) is 0 Å². The summed E-state index contributed by atoms with van der Waals surface area (Å²) in [7, 11) is 0. The first-order valence-electron chi connectivity index (χ1n) is 16.7. The smallest absolute Gasteiger partial charge is 0.545 e. The van der Waals surface area contributed by atoms with Crippen LogP contribution in [0, 0.1) is 0 Å². The van der Waals surface area contributed by atoms with Gasteiger partial charge in [-0.1, -0.05) is 114 Å². The quantitative estimate of drug-likeness (QED) is 0.0153. The summed E-state index contributed by atoms with van der Waals surface area (Å²) >= 11 is 1.41. The maximum absolute atomic E-state index is 11.9. The molecule has 16 heteroatoms. The molecule has 0 aliphatic heterocycles. The summed E-state index contributed by atoms with van der Waals surface area (Å²) in [6.07, 6.45) is 12.7. The van der Waals surface area contributed by atoms with E-state index in [-0.39, 0.29) is 118 Å². The Morgan fingerprint density at radius 1 is 0.520 bits per heavy atom. The van der Waals surface area contributed by atoms with Crippen LogP contribution in [0.5, 0.6) is 0 Å². The number of thioether (sulfide) groups is 2. The van der Waals surface area contributed by atoms with E-state index >= 15 is 0 Å². The Balaban J connectivity index is -0.000000407. The average Bonchev–Trinajstić information content (AvgIpc) is 3.03. The normalized spacial score (nSPS) is 11.3. The number of carbonyl (C=O) groups is 6. The Labute approximate surface area is 349 Å². The van der Waals surface area contributed by atoms with Crippen LogP contribution in [0.15, 0.2) is 23.3 Å². The fourth-order valence-electron chi connectivity index (χ4n) is 4.14. The van der Waals surface area contributed by atoms with Gasteiger partial charge in [-0.25, -0.2) is 0 Å². The molecule has 0 spiro atoms. The molecule has 0 bridgehead atoms. The summed E-state index contributed by atoms with van der Waals surface area (Å²) in [4.78, 5) is 68.7. The van der Waals surface area contributed by atoms with Crippen molar-refractivity contribution < 1.29 is 119 Å². The summed E-state index contributed by atoms with van der Waals surface area (Å²) in [5, 5.41) is 55.9. The van der Waals surface area contributed by atoms with E-state index in [1.165, 1.54) is 25.0 Å². The number of carboxylic acid groups (broad SMARTS) is 2. The molecule has 12 nitrogen and oxygen atoms in total. The zero-order valence-corrected chi connectivity index (χ0v) is 36.0. The van der Waals surface area contributed by atoms with Crippen LogP contribution < -0.4 is 69.3 Å². The molecule has 0 aromatic heterocycles. The van der Waals surface area contributed by atoms with Crippen molar-refractivity contribution in [1.82, 2.24) is 0 Å². The second kappa shape index (κ2) is 38.4. The van der Waals surface area contributed by atoms with Crippen molar-refractivity contribution in [2.75, 3.05) is 11.5 Å². The van der Waals surface area contributed by atoms with Gasteiger partial charge in [0, 0.05) is 36.8 Å². The van der Waals surface area contributed by atoms with Gasteiger partial charge in [0.2, 0.25) is 0 Å². The molecular weight excluding hydrogens is 710 g/mol. The van der Waals surface area contributed by atoms with E-state index in [1.807, 2.05) is 0 Å². The van der Waals surface area contributed by atoms with Gasteiger partial charge in [0.25, 0.3) is 0 Å². The predicted molar refractivity (Wildman–Crippen MR) is 182 cm³/mol. The molecule has 0 aliphatic rings. The van der Waals surface area contributed by atoms with Crippen molar-refractivity contribution >= 4 is 57.3 Å². The molecule has 0 aromatic rings. The fourth-order valence-corrected chi connectivity index (χ4v) is 5.31. The first-order chi connectivity index (χ1) is 22.8. The predicted octanol–water partition coefficient (Wildman–Crippen LogP) is -3.33. The van der Waals surface area contributed by atoms with Crippen LogP contribution >= 0.6 is 23.5 Å². The summed E-state index contributed by atoms with van der Waals surface area (Å²) in [6.45, 7) is 4.27. The molecule has 50 heavy (non-hydrogen) atoms. The van der Waals surface area contributed by atoms with Crippen LogP contribution in [0.4, 0.5) is 0 Å². The first-order valence-corrected chi connectivity index (χ1v) is 18.7. The fraction of sp³-hybridized carbons (Fsp3) is 0.706. The molecule has 0 amide bonds. The molecule has 0 rings (SSSR count). The Morgan fingerprint density at radius 2 is 0.820 bits per heavy atom. The van der Waals surface area contributed by atoms with Crippen LogP contribution in [0.1, 0.15) is 129 Å². The van der Waals surface area contributed by atoms with E-state index in [4.69, 9.17) is 20.4 Å². The van der Waals surface area contributed by atoms with E-state index in [1.54, 1.807) is 0 Å². The van der Waals surface area contributed by atoms with E-state index in [0.717, 1.165) is 64.2 Å². The molecule has 0 saturated carbocycles. The molecule has 276 valence electrons. The Morgan fingerprint density at radius 3 is 1.10 bits per heavy atom. The summed E-state index contributed by atoms with van der Waals surface area (Å²) < 4.78 is 0. The molecule has 0 aromatic carbocycles. The van der Waals surface area contributed by atoms with Gasteiger partial charge in [-0.2, -0.15) is 0 Å². The van der Waals surface area contributed by atoms with Crippen LogP contribution in [-0.2, 0) is 28.8 Å². The number of ketones is 2. The number of hydrogen-bond acceptors (Lipinski definition) is 14. The monoisotopic (exact) mass is 764 g/mol. The standard InChI is InChI=1S/2C17H28O6S.2Na/c2*1-2-3-4-5-6-7-8-9-13(17(22)23)14(18)10-11-16(21)24-12-15(19)20;;/h2*9,15,19-20H,2-8,10-12H2,1H3,(H,22,23);;/q;;2*+1/p-2. The van der Waals surface area contributed by atoms with E-state index < -0.39 is 36.1 Å². The number of aliphatic hydroxyl groups excluding tert-OH is 2. The second-order valence-corrected chi connectivity index (χ2v) is 13.3. The number of carboxylic acids is 2.